The van der Waals surface area contributed by atoms with E-state index in [9.17, 15) is 38.7 Å². The van der Waals surface area contributed by atoms with Gasteiger partial charge in [-0.05, 0) is 57.8 Å². The molecule has 1 rings (SSSR count). The molecule has 6 N–H and O–H groups in total. The number of amides is 4. The summed E-state index contributed by atoms with van der Waals surface area (Å²) in [6, 6.07) is -1.18. The van der Waals surface area contributed by atoms with E-state index in [1.54, 1.807) is 0 Å². The third-order valence-electron chi connectivity index (χ3n) is 11.0. The first-order valence-corrected chi connectivity index (χ1v) is 23.8. The number of ketones is 1. The number of carboxylic acid groups (broad SMARTS) is 2. The van der Waals surface area contributed by atoms with Crippen molar-refractivity contribution in [1.82, 2.24) is 21.3 Å². The minimum atomic E-state index is -1.19. The van der Waals surface area contributed by atoms with Gasteiger partial charge in [0, 0.05) is 44.8 Å². The van der Waals surface area contributed by atoms with E-state index >= 15 is 0 Å². The Morgan fingerprint density at radius 1 is 0.508 bits per heavy atom. The largest absolute Gasteiger partial charge is 0.481 e. The molecule has 1 saturated carbocycles. The summed E-state index contributed by atoms with van der Waals surface area (Å²) in [7, 11) is 0. The average molecular weight is 899 g/mol. The van der Waals surface area contributed by atoms with Crippen LogP contribution in [0.15, 0.2) is 0 Å². The summed E-state index contributed by atoms with van der Waals surface area (Å²) in [5.74, 6) is -2.86. The van der Waals surface area contributed by atoms with Crippen molar-refractivity contribution in [2.75, 3.05) is 72.5 Å². The van der Waals surface area contributed by atoms with Crippen LogP contribution in [-0.2, 0) is 52.5 Å². The Balaban J connectivity index is 2.00. The Kier molecular flexibility index (Phi) is 36.3. The quantitative estimate of drug-likeness (QED) is 0.0429. The fraction of sp³-hybridized carbons (Fsp3) is 0.848. The topological polar surface area (TPSA) is 245 Å². The molecule has 0 aromatic rings. The van der Waals surface area contributed by atoms with Crippen molar-refractivity contribution in [3.63, 3.8) is 0 Å². The minimum Gasteiger partial charge on any atom is -0.481 e. The van der Waals surface area contributed by atoms with Gasteiger partial charge < -0.3 is 50.4 Å². The number of carbonyl (C=O) groups excluding carboxylic acids is 5. The van der Waals surface area contributed by atoms with Crippen molar-refractivity contribution >= 4 is 41.4 Å². The number of nitrogens with one attached hydrogen (secondary N) is 4. The van der Waals surface area contributed by atoms with E-state index in [0.29, 0.717) is 58.6 Å². The summed E-state index contributed by atoms with van der Waals surface area (Å²) >= 11 is 0. The predicted octanol–water partition coefficient (Wildman–Crippen LogP) is 5.25. The Bertz CT molecular complexity index is 1260. The fourth-order valence-electron chi connectivity index (χ4n) is 7.32. The second-order valence-electron chi connectivity index (χ2n) is 16.7. The summed E-state index contributed by atoms with van der Waals surface area (Å²) in [5.41, 5.74) is 0. The van der Waals surface area contributed by atoms with Gasteiger partial charge in [-0.3, -0.25) is 28.8 Å². The van der Waals surface area contributed by atoms with Crippen LogP contribution in [0.3, 0.4) is 0 Å². The molecule has 0 bridgehead atoms. The maximum Gasteiger partial charge on any atom is 0.326 e. The van der Waals surface area contributed by atoms with Gasteiger partial charge in [-0.2, -0.15) is 0 Å². The van der Waals surface area contributed by atoms with Crippen LogP contribution in [0.1, 0.15) is 161 Å². The molecular weight excluding hydrogens is 817 g/mol. The standard InChI is InChI=1S/C46H82N4O13/c1-37(51)35-62-32-30-61-29-27-48-43(54)36-63-33-31-60-28-26-47-42(53)25-24-40(46(58)59)50-45(57)39-22-20-38(21-23-39)34-49-41(52)18-16-14-12-10-8-6-4-2-3-5-7-9-11-13-15-17-19-44(55)56/h38-40H,2-36H2,1H3,(H,47,53)(H,48,54)(H,49,52)(H,50,57)(H,55,56)(H,58,59). The van der Waals surface area contributed by atoms with Gasteiger partial charge in [0.1, 0.15) is 19.3 Å². The number of unbranched alkanes of at least 4 members (excludes halogenated alkanes) is 15. The lowest BCUT2D eigenvalue weighted by Crippen LogP contribution is -2.45. The van der Waals surface area contributed by atoms with Crippen LogP contribution < -0.4 is 21.3 Å². The highest BCUT2D eigenvalue weighted by Crippen LogP contribution is 2.29. The van der Waals surface area contributed by atoms with Crippen molar-refractivity contribution < 1.29 is 62.7 Å². The summed E-state index contributed by atoms with van der Waals surface area (Å²) in [5, 5.41) is 29.3. The van der Waals surface area contributed by atoms with Crippen LogP contribution >= 0.6 is 0 Å². The van der Waals surface area contributed by atoms with Gasteiger partial charge in [-0.25, -0.2) is 4.79 Å². The highest BCUT2D eigenvalue weighted by Gasteiger charge is 2.29. The highest BCUT2D eigenvalue weighted by atomic mass is 16.5. The van der Waals surface area contributed by atoms with E-state index in [-0.39, 0.29) is 93.7 Å². The maximum absolute atomic E-state index is 12.9. The summed E-state index contributed by atoms with van der Waals surface area (Å²) in [4.78, 5) is 82.6. The van der Waals surface area contributed by atoms with E-state index < -0.39 is 18.0 Å². The minimum absolute atomic E-state index is 0.0456. The third-order valence-corrected chi connectivity index (χ3v) is 11.0. The van der Waals surface area contributed by atoms with Crippen LogP contribution in [0.4, 0.5) is 0 Å². The average Bonchev–Trinajstić information content (AvgIpc) is 3.25. The normalized spacial score (nSPS) is 15.3. The van der Waals surface area contributed by atoms with E-state index in [1.165, 1.54) is 71.1 Å². The number of hydrogen-bond acceptors (Lipinski definition) is 11. The van der Waals surface area contributed by atoms with Crippen LogP contribution in [0.25, 0.3) is 0 Å². The van der Waals surface area contributed by atoms with E-state index in [0.717, 1.165) is 51.4 Å². The summed E-state index contributed by atoms with van der Waals surface area (Å²) < 4.78 is 21.0. The monoisotopic (exact) mass is 899 g/mol. The van der Waals surface area contributed by atoms with Crippen molar-refractivity contribution in [1.29, 1.82) is 0 Å². The smallest absolute Gasteiger partial charge is 0.326 e. The highest BCUT2D eigenvalue weighted by molar-refractivity contribution is 5.85. The fourth-order valence-corrected chi connectivity index (χ4v) is 7.32. The van der Waals surface area contributed by atoms with Gasteiger partial charge in [-0.15, -0.1) is 0 Å². The first-order valence-electron chi connectivity index (χ1n) is 23.8. The van der Waals surface area contributed by atoms with Crippen LogP contribution in [0.2, 0.25) is 0 Å². The maximum atomic E-state index is 12.9. The lowest BCUT2D eigenvalue weighted by Gasteiger charge is -2.28. The molecule has 1 atom stereocenters. The van der Waals surface area contributed by atoms with Crippen LogP contribution in [0, 0.1) is 11.8 Å². The molecule has 4 amide bonds. The Hall–Kier alpha value is -3.67. The molecule has 1 aliphatic carbocycles. The van der Waals surface area contributed by atoms with Gasteiger partial charge in [0.05, 0.1) is 39.6 Å². The molecule has 0 heterocycles. The molecule has 0 aromatic heterocycles. The van der Waals surface area contributed by atoms with Crippen LogP contribution in [-0.4, -0.2) is 130 Å². The first-order chi connectivity index (χ1) is 30.5. The van der Waals surface area contributed by atoms with E-state index in [1.807, 2.05) is 0 Å². The first kappa shape index (κ1) is 57.3. The molecule has 0 aromatic carbocycles. The summed E-state index contributed by atoms with van der Waals surface area (Å²) in [6.45, 7) is 3.96. The molecular formula is C46H82N4O13. The Labute approximate surface area is 376 Å². The molecule has 1 fully saturated rings. The lowest BCUT2D eigenvalue weighted by molar-refractivity contribution is -0.143. The zero-order valence-electron chi connectivity index (χ0n) is 38.4. The lowest BCUT2D eigenvalue weighted by atomic mass is 9.81. The molecule has 0 radical (unpaired) electrons. The molecule has 1 unspecified atom stereocenters. The molecule has 17 heteroatoms. The molecule has 364 valence electrons. The van der Waals surface area contributed by atoms with Gasteiger partial charge in [0.25, 0.3) is 0 Å². The summed E-state index contributed by atoms with van der Waals surface area (Å²) in [6.07, 6.45) is 22.3. The molecule has 0 saturated heterocycles. The number of carbonyl (C=O) groups is 7. The molecule has 17 nitrogen and oxygen atoms in total. The van der Waals surface area contributed by atoms with Crippen LogP contribution in [0.5, 0.6) is 0 Å². The van der Waals surface area contributed by atoms with Gasteiger partial charge in [-0.1, -0.05) is 89.9 Å². The number of rotatable bonds is 43. The number of carboxylic acids is 2. The third kappa shape index (κ3) is 36.4. The number of aliphatic carboxylic acids is 2. The zero-order chi connectivity index (χ0) is 46.2. The van der Waals surface area contributed by atoms with Gasteiger partial charge >= 0.3 is 11.9 Å². The molecule has 0 spiro atoms. The number of hydrogen-bond donors (Lipinski definition) is 6. The number of Topliss-reactive ketones (excluding diaryl/α,β-unsaturated/α-hetero) is 1. The van der Waals surface area contributed by atoms with Crippen molar-refractivity contribution in [3.8, 4) is 0 Å². The molecule has 63 heavy (non-hydrogen) atoms. The predicted molar refractivity (Wildman–Crippen MR) is 238 cm³/mol. The molecule has 0 aliphatic heterocycles. The second-order valence-corrected chi connectivity index (χ2v) is 16.7. The zero-order valence-corrected chi connectivity index (χ0v) is 38.4. The SMILES string of the molecule is CC(=O)COCCOCCNC(=O)COCCOCCNC(=O)CCC(NC(=O)C1CCC(CNC(=O)CCCCCCCCCCCCCCCCCCC(=O)O)CC1)C(=O)O. The van der Waals surface area contributed by atoms with E-state index in [2.05, 4.69) is 21.3 Å². The molecule has 1 aliphatic rings. The Morgan fingerprint density at radius 2 is 0.952 bits per heavy atom. The van der Waals surface area contributed by atoms with Crippen molar-refractivity contribution in [3.05, 3.63) is 0 Å². The second kappa shape index (κ2) is 39.9. The Morgan fingerprint density at radius 3 is 1.44 bits per heavy atom. The van der Waals surface area contributed by atoms with E-state index in [4.69, 9.17) is 24.1 Å². The van der Waals surface area contributed by atoms with Crippen molar-refractivity contribution in [2.45, 2.75) is 167 Å². The van der Waals surface area contributed by atoms with Gasteiger partial charge in [0.15, 0.2) is 5.78 Å². The van der Waals surface area contributed by atoms with Crippen molar-refractivity contribution in [2.24, 2.45) is 11.8 Å². The number of ether oxygens (including phenoxy) is 4. The van der Waals surface area contributed by atoms with Gasteiger partial charge in [0.2, 0.25) is 23.6 Å².